The van der Waals surface area contributed by atoms with Gasteiger partial charge in [-0.2, -0.15) is 0 Å². The van der Waals surface area contributed by atoms with E-state index in [1.165, 1.54) is 32.3 Å². The monoisotopic (exact) mass is 346 g/mol. The van der Waals surface area contributed by atoms with E-state index in [1.807, 2.05) is 0 Å². The van der Waals surface area contributed by atoms with Gasteiger partial charge in [-0.25, -0.2) is 14.2 Å². The number of ether oxygens (including phenoxy) is 1. The van der Waals surface area contributed by atoms with E-state index in [2.05, 4.69) is 4.98 Å². The third-order valence-corrected chi connectivity index (χ3v) is 4.11. The van der Waals surface area contributed by atoms with Gasteiger partial charge < -0.3 is 15.6 Å². The molecule has 0 radical (unpaired) electrons. The summed E-state index contributed by atoms with van der Waals surface area (Å²) in [7, 11) is 1.30. The summed E-state index contributed by atoms with van der Waals surface area (Å²) in [5.41, 5.74) is 3.39. The Labute approximate surface area is 136 Å². The third-order valence-electron chi connectivity index (χ3n) is 3.41. The number of aromatic carboxylic acids is 1. The lowest BCUT2D eigenvalue weighted by molar-refractivity contribution is 0.0689. The van der Waals surface area contributed by atoms with Gasteiger partial charge in [-0.1, -0.05) is 29.3 Å². The summed E-state index contributed by atoms with van der Waals surface area (Å²) in [5.74, 6) is -2.32. The molecule has 1 aromatic heterocycles. The van der Waals surface area contributed by atoms with Crippen LogP contribution in [0.5, 0.6) is 0 Å². The molecule has 1 aromatic rings. The molecule has 0 saturated carbocycles. The van der Waals surface area contributed by atoms with Crippen molar-refractivity contribution in [2.75, 3.05) is 12.8 Å². The summed E-state index contributed by atoms with van der Waals surface area (Å²) in [6.07, 6.45) is 2.95. The smallest absolute Gasteiger partial charge is 0.356 e. The van der Waals surface area contributed by atoms with E-state index < -0.39 is 23.2 Å². The number of hydrogen-bond acceptors (Lipinski definition) is 4. The normalized spacial score (nSPS) is 24.5. The third kappa shape index (κ3) is 2.64. The number of hydrogen-bond donors (Lipinski definition) is 2. The molecule has 1 aliphatic carbocycles. The van der Waals surface area contributed by atoms with Crippen LogP contribution in [0.1, 0.15) is 29.0 Å². The Hall–Kier alpha value is -1.79. The molecule has 5 nitrogen and oxygen atoms in total. The van der Waals surface area contributed by atoms with E-state index >= 15 is 4.39 Å². The van der Waals surface area contributed by atoms with Gasteiger partial charge in [-0.15, -0.1) is 0 Å². The van der Waals surface area contributed by atoms with Gasteiger partial charge in [-0.05, 0) is 19.1 Å². The summed E-state index contributed by atoms with van der Waals surface area (Å²) >= 11 is 11.7. The van der Waals surface area contributed by atoms with E-state index in [0.717, 1.165) is 0 Å². The predicted octanol–water partition coefficient (Wildman–Crippen LogP) is 3.49. The lowest BCUT2D eigenvalue weighted by atomic mass is 9.82. The number of carboxylic acid groups (broad SMARTS) is 1. The zero-order chi connectivity index (χ0) is 16.7. The second-order valence-corrected chi connectivity index (χ2v) is 5.68. The van der Waals surface area contributed by atoms with Crippen LogP contribution in [0.2, 0.25) is 5.02 Å². The number of rotatable bonds is 3. The fourth-order valence-electron chi connectivity index (χ4n) is 2.36. The van der Waals surface area contributed by atoms with Crippen molar-refractivity contribution in [2.45, 2.75) is 18.5 Å². The molecule has 22 heavy (non-hydrogen) atoms. The fourth-order valence-corrected chi connectivity index (χ4v) is 2.87. The van der Waals surface area contributed by atoms with Crippen molar-refractivity contribution >= 4 is 34.9 Å². The lowest BCUT2D eigenvalue weighted by Crippen LogP contribution is -2.33. The Morgan fingerprint density at radius 2 is 2.18 bits per heavy atom. The molecule has 0 saturated heterocycles. The van der Waals surface area contributed by atoms with Gasteiger partial charge in [0.25, 0.3) is 0 Å². The van der Waals surface area contributed by atoms with Gasteiger partial charge in [-0.3, -0.25) is 0 Å². The number of aromatic nitrogens is 1. The topological polar surface area (TPSA) is 85.4 Å². The van der Waals surface area contributed by atoms with Crippen molar-refractivity contribution in [3.8, 4) is 0 Å². The van der Waals surface area contributed by atoms with E-state index in [-0.39, 0.29) is 27.2 Å². The number of allylic oxidation sites excluding steroid dienone is 4. The molecule has 0 aromatic carbocycles. The van der Waals surface area contributed by atoms with Gasteiger partial charge in [0.15, 0.2) is 17.1 Å². The molecule has 1 aliphatic rings. The first-order valence-corrected chi connectivity index (χ1v) is 6.96. The van der Waals surface area contributed by atoms with Gasteiger partial charge in [0.05, 0.1) is 34.5 Å². The molecule has 0 fully saturated rings. The van der Waals surface area contributed by atoms with Crippen LogP contribution in [-0.2, 0) is 4.74 Å². The van der Waals surface area contributed by atoms with E-state index in [1.54, 1.807) is 0 Å². The largest absolute Gasteiger partial charge is 0.496 e. The lowest BCUT2D eigenvalue weighted by Gasteiger charge is -2.32. The Balaban J connectivity index is 2.59. The zero-order valence-corrected chi connectivity index (χ0v) is 13.2. The highest BCUT2D eigenvalue weighted by Gasteiger charge is 2.43. The van der Waals surface area contributed by atoms with Crippen molar-refractivity contribution in [3.05, 3.63) is 45.4 Å². The Bertz CT molecular complexity index is 702. The minimum Gasteiger partial charge on any atom is -0.496 e. The van der Waals surface area contributed by atoms with Crippen LogP contribution in [0.15, 0.2) is 29.0 Å². The number of carboxylic acids is 1. The van der Waals surface area contributed by atoms with Gasteiger partial charge in [0.2, 0.25) is 0 Å². The average molecular weight is 347 g/mol. The van der Waals surface area contributed by atoms with Crippen LogP contribution in [0.25, 0.3) is 0 Å². The van der Waals surface area contributed by atoms with Crippen molar-refractivity contribution in [1.29, 1.82) is 0 Å². The van der Waals surface area contributed by atoms with Gasteiger partial charge in [0.1, 0.15) is 0 Å². The highest BCUT2D eigenvalue weighted by atomic mass is 35.5. The zero-order valence-electron chi connectivity index (χ0n) is 11.7. The summed E-state index contributed by atoms with van der Waals surface area (Å²) in [5, 5.41) is 9.06. The van der Waals surface area contributed by atoms with E-state index in [0.29, 0.717) is 0 Å². The van der Waals surface area contributed by atoms with Crippen molar-refractivity contribution < 1.29 is 19.0 Å². The number of methoxy groups -OCH3 is 1. The molecular formula is C14H13Cl2FN2O3. The Morgan fingerprint density at radius 3 is 2.73 bits per heavy atom. The van der Waals surface area contributed by atoms with Crippen LogP contribution in [0.4, 0.5) is 10.1 Å². The maximum absolute atomic E-state index is 15.1. The minimum absolute atomic E-state index is 0.00730. The number of nitrogen functional groups attached to an aromatic ring is 1. The number of pyridine rings is 1. The van der Waals surface area contributed by atoms with Crippen molar-refractivity contribution in [1.82, 2.24) is 4.98 Å². The Morgan fingerprint density at radius 1 is 1.55 bits per heavy atom. The molecule has 0 spiro atoms. The molecule has 0 aliphatic heterocycles. The first kappa shape index (κ1) is 16.6. The van der Waals surface area contributed by atoms with Crippen molar-refractivity contribution in [3.63, 3.8) is 0 Å². The summed E-state index contributed by atoms with van der Waals surface area (Å²) in [4.78, 5) is 15.1. The summed E-state index contributed by atoms with van der Waals surface area (Å²) in [6, 6.07) is 1.34. The second kappa shape index (κ2) is 5.78. The molecule has 8 heteroatoms. The van der Waals surface area contributed by atoms with E-state index in [9.17, 15) is 4.79 Å². The fraction of sp³-hybridized carbons (Fsp3) is 0.286. The molecule has 2 atom stereocenters. The molecule has 0 amide bonds. The quantitative estimate of drug-likeness (QED) is 0.874. The second-order valence-electron chi connectivity index (χ2n) is 4.90. The van der Waals surface area contributed by atoms with Crippen molar-refractivity contribution in [2.24, 2.45) is 0 Å². The van der Waals surface area contributed by atoms with Crippen LogP contribution in [0, 0.1) is 0 Å². The molecule has 3 N–H and O–H groups in total. The number of nitrogens with zero attached hydrogens (tertiary/aromatic N) is 1. The first-order valence-electron chi connectivity index (χ1n) is 6.20. The average Bonchev–Trinajstić information content (AvgIpc) is 2.41. The molecule has 1 heterocycles. The predicted molar refractivity (Wildman–Crippen MR) is 81.9 cm³/mol. The van der Waals surface area contributed by atoms with E-state index in [4.69, 9.17) is 38.8 Å². The first-order chi connectivity index (χ1) is 10.2. The molecule has 118 valence electrons. The highest BCUT2D eigenvalue weighted by molar-refractivity contribution is 6.35. The summed E-state index contributed by atoms with van der Waals surface area (Å²) in [6.45, 7) is 1.27. The van der Waals surface area contributed by atoms with Gasteiger partial charge >= 0.3 is 5.97 Å². The standard InChI is InChI=1S/C14H13Cl2FN2O3/c1-14(17)6(3-4-7(15)12(14)22-2)9-5-8(18)10(16)11(19-9)13(20)21/h3-6H,1-2H3,(H2,18,19)(H,20,21). The van der Waals surface area contributed by atoms with Crippen LogP contribution in [0.3, 0.4) is 0 Å². The van der Waals surface area contributed by atoms with Crippen LogP contribution < -0.4 is 5.73 Å². The SMILES string of the molecule is COC1=C(Cl)C=CC(c2cc(N)c(Cl)c(C(=O)O)n2)C1(C)F. The van der Waals surface area contributed by atoms with Gasteiger partial charge in [0, 0.05) is 0 Å². The van der Waals surface area contributed by atoms with Crippen LogP contribution in [-0.4, -0.2) is 28.8 Å². The number of alkyl halides is 1. The maximum atomic E-state index is 15.1. The number of halogens is 3. The minimum atomic E-state index is -2.01. The number of carbonyl (C=O) groups is 1. The Kier molecular flexibility index (Phi) is 4.35. The van der Waals surface area contributed by atoms with Crippen LogP contribution >= 0.6 is 23.2 Å². The molecule has 2 unspecified atom stereocenters. The number of anilines is 1. The molecular weight excluding hydrogens is 334 g/mol. The number of nitrogens with two attached hydrogens (primary N) is 1. The highest BCUT2D eigenvalue weighted by Crippen LogP contribution is 2.44. The maximum Gasteiger partial charge on any atom is 0.356 e. The summed E-state index contributed by atoms with van der Waals surface area (Å²) < 4.78 is 20.1. The molecule has 0 bridgehead atoms. The molecule has 2 rings (SSSR count).